The summed E-state index contributed by atoms with van der Waals surface area (Å²) in [5, 5.41) is 9.44. The molecule has 0 amide bonds. The second-order valence-corrected chi connectivity index (χ2v) is 8.55. The number of nitrogens with one attached hydrogen (secondary N) is 1. The third-order valence-electron chi connectivity index (χ3n) is 5.19. The molecule has 0 radical (unpaired) electrons. The first-order valence-corrected chi connectivity index (χ1v) is 10.6. The Morgan fingerprint density at radius 2 is 2.04 bits per heavy atom. The lowest BCUT2D eigenvalue weighted by molar-refractivity contribution is 0.177. The number of rotatable bonds is 6. The van der Waals surface area contributed by atoms with Gasteiger partial charge in [0.25, 0.3) is 0 Å². The van der Waals surface area contributed by atoms with Gasteiger partial charge in [-0.15, -0.1) is 11.3 Å². The molecule has 0 spiro atoms. The highest BCUT2D eigenvalue weighted by molar-refractivity contribution is 7.15. The normalized spacial score (nSPS) is 17.5. The molecule has 2 unspecified atom stereocenters. The van der Waals surface area contributed by atoms with E-state index in [2.05, 4.69) is 60.4 Å². The zero-order valence-electron chi connectivity index (χ0n) is 16.9. The first-order chi connectivity index (χ1) is 13.5. The van der Waals surface area contributed by atoms with Gasteiger partial charge in [-0.2, -0.15) is 5.10 Å². The SMILES string of the molecule is COCc1nc2n(n1)CC(NC(C)c1sc(-c3ccc(C)cc3)nc1C)CC2. The standard InChI is InChI=1S/C21H27N5OS/c1-13-5-7-16(8-6-13)21-23-15(3)20(28-21)14(2)22-17-9-10-19-24-18(12-27-4)25-26(19)11-17/h5-8,14,17,22H,9-12H2,1-4H3. The van der Waals surface area contributed by atoms with Gasteiger partial charge < -0.3 is 10.1 Å². The Kier molecular flexibility index (Phi) is 5.57. The highest BCUT2D eigenvalue weighted by Gasteiger charge is 2.24. The molecule has 4 rings (SSSR count). The smallest absolute Gasteiger partial charge is 0.176 e. The minimum absolute atomic E-state index is 0.255. The van der Waals surface area contributed by atoms with Gasteiger partial charge in [0.1, 0.15) is 17.4 Å². The topological polar surface area (TPSA) is 64.9 Å². The van der Waals surface area contributed by atoms with Gasteiger partial charge in [-0.3, -0.25) is 0 Å². The van der Waals surface area contributed by atoms with Gasteiger partial charge in [-0.25, -0.2) is 14.6 Å². The minimum atomic E-state index is 0.255. The Morgan fingerprint density at radius 1 is 1.25 bits per heavy atom. The van der Waals surface area contributed by atoms with Crippen LogP contribution in [0.4, 0.5) is 0 Å². The van der Waals surface area contributed by atoms with Crippen molar-refractivity contribution >= 4 is 11.3 Å². The van der Waals surface area contributed by atoms with Crippen LogP contribution in [0, 0.1) is 13.8 Å². The number of aryl methyl sites for hydroxylation is 3. The highest BCUT2D eigenvalue weighted by atomic mass is 32.1. The van der Waals surface area contributed by atoms with Crippen molar-refractivity contribution in [2.45, 2.75) is 58.8 Å². The minimum Gasteiger partial charge on any atom is -0.377 e. The van der Waals surface area contributed by atoms with Crippen molar-refractivity contribution in [1.29, 1.82) is 0 Å². The Labute approximate surface area is 170 Å². The molecule has 1 aliphatic rings. The lowest BCUT2D eigenvalue weighted by Crippen LogP contribution is -2.39. The molecular weight excluding hydrogens is 370 g/mol. The molecule has 1 N–H and O–H groups in total. The molecule has 1 aromatic carbocycles. The predicted octanol–water partition coefficient (Wildman–Crippen LogP) is 3.83. The fourth-order valence-corrected chi connectivity index (χ4v) is 4.83. The first-order valence-electron chi connectivity index (χ1n) is 9.75. The van der Waals surface area contributed by atoms with Crippen molar-refractivity contribution in [3.63, 3.8) is 0 Å². The van der Waals surface area contributed by atoms with Gasteiger partial charge in [0.15, 0.2) is 5.82 Å². The van der Waals surface area contributed by atoms with Gasteiger partial charge in [0.2, 0.25) is 0 Å². The molecule has 3 heterocycles. The monoisotopic (exact) mass is 397 g/mol. The van der Waals surface area contributed by atoms with Gasteiger partial charge >= 0.3 is 0 Å². The number of benzene rings is 1. The largest absolute Gasteiger partial charge is 0.377 e. The van der Waals surface area contributed by atoms with Crippen molar-refractivity contribution in [3.05, 3.63) is 52.0 Å². The number of hydrogen-bond donors (Lipinski definition) is 1. The molecule has 6 nitrogen and oxygen atoms in total. The van der Waals surface area contributed by atoms with Crippen molar-refractivity contribution in [2.75, 3.05) is 7.11 Å². The molecule has 7 heteroatoms. The maximum atomic E-state index is 5.15. The third kappa shape index (κ3) is 4.01. The van der Waals surface area contributed by atoms with E-state index < -0.39 is 0 Å². The molecular formula is C21H27N5OS. The van der Waals surface area contributed by atoms with Crippen molar-refractivity contribution in [3.8, 4) is 10.6 Å². The summed E-state index contributed by atoms with van der Waals surface area (Å²) >= 11 is 1.79. The molecule has 0 fully saturated rings. The lowest BCUT2D eigenvalue weighted by Gasteiger charge is -2.26. The van der Waals surface area contributed by atoms with Gasteiger partial charge in [-0.1, -0.05) is 29.8 Å². The average Bonchev–Trinajstić information content (AvgIpc) is 3.25. The van der Waals surface area contributed by atoms with E-state index in [9.17, 15) is 0 Å². The third-order valence-corrected chi connectivity index (χ3v) is 6.57. The molecule has 2 atom stereocenters. The van der Waals surface area contributed by atoms with Crippen LogP contribution in [0.1, 0.15) is 47.2 Å². The fraction of sp³-hybridized carbons (Fsp3) is 0.476. The Hall–Kier alpha value is -2.09. The summed E-state index contributed by atoms with van der Waals surface area (Å²) in [6.45, 7) is 7.76. The number of hydrogen-bond acceptors (Lipinski definition) is 6. The second-order valence-electron chi connectivity index (χ2n) is 7.52. The van der Waals surface area contributed by atoms with E-state index in [1.54, 1.807) is 18.4 Å². The highest BCUT2D eigenvalue weighted by Crippen LogP contribution is 2.32. The average molecular weight is 398 g/mol. The van der Waals surface area contributed by atoms with Crippen LogP contribution in [-0.2, 0) is 24.3 Å². The molecule has 1 aliphatic heterocycles. The van der Waals surface area contributed by atoms with Gasteiger partial charge in [0, 0.05) is 36.1 Å². The summed E-state index contributed by atoms with van der Waals surface area (Å²) < 4.78 is 7.18. The maximum absolute atomic E-state index is 5.15. The second kappa shape index (κ2) is 8.11. The number of thiazole rings is 1. The van der Waals surface area contributed by atoms with Crippen LogP contribution in [0.15, 0.2) is 24.3 Å². The number of methoxy groups -OCH3 is 1. The molecule has 3 aromatic rings. The lowest BCUT2D eigenvalue weighted by atomic mass is 10.1. The first kappa shape index (κ1) is 19.2. The molecule has 2 aromatic heterocycles. The van der Waals surface area contributed by atoms with Crippen LogP contribution >= 0.6 is 11.3 Å². The maximum Gasteiger partial charge on any atom is 0.176 e. The Morgan fingerprint density at radius 3 is 2.79 bits per heavy atom. The molecule has 0 saturated carbocycles. The molecule has 28 heavy (non-hydrogen) atoms. The summed E-state index contributed by atoms with van der Waals surface area (Å²) in [6, 6.07) is 9.22. The van der Waals surface area contributed by atoms with E-state index >= 15 is 0 Å². The van der Waals surface area contributed by atoms with Crippen LogP contribution in [0.2, 0.25) is 0 Å². The fourth-order valence-electron chi connectivity index (χ4n) is 3.75. The summed E-state index contributed by atoms with van der Waals surface area (Å²) in [4.78, 5) is 10.7. The van der Waals surface area contributed by atoms with Crippen LogP contribution < -0.4 is 5.32 Å². The van der Waals surface area contributed by atoms with E-state index in [1.807, 2.05) is 4.68 Å². The van der Waals surface area contributed by atoms with E-state index in [0.29, 0.717) is 12.6 Å². The van der Waals surface area contributed by atoms with Gasteiger partial charge in [0.05, 0.1) is 12.2 Å². The molecule has 0 bridgehead atoms. The zero-order valence-corrected chi connectivity index (χ0v) is 17.7. The van der Waals surface area contributed by atoms with E-state index in [-0.39, 0.29) is 6.04 Å². The molecule has 0 saturated heterocycles. The predicted molar refractivity (Wildman–Crippen MR) is 111 cm³/mol. The van der Waals surface area contributed by atoms with Crippen molar-refractivity contribution < 1.29 is 4.74 Å². The van der Waals surface area contributed by atoms with E-state index in [1.165, 1.54) is 16.0 Å². The number of nitrogens with zero attached hydrogens (tertiary/aromatic N) is 4. The van der Waals surface area contributed by atoms with Crippen LogP contribution in [0.25, 0.3) is 10.6 Å². The van der Waals surface area contributed by atoms with E-state index in [0.717, 1.165) is 41.7 Å². The van der Waals surface area contributed by atoms with E-state index in [4.69, 9.17) is 9.72 Å². The Bertz CT molecular complexity index is 946. The summed E-state index contributed by atoms with van der Waals surface area (Å²) in [7, 11) is 1.67. The summed E-state index contributed by atoms with van der Waals surface area (Å²) in [6.07, 6.45) is 2.01. The van der Waals surface area contributed by atoms with Crippen LogP contribution in [0.5, 0.6) is 0 Å². The van der Waals surface area contributed by atoms with Crippen LogP contribution in [-0.4, -0.2) is 32.9 Å². The zero-order chi connectivity index (χ0) is 19.7. The summed E-state index contributed by atoms with van der Waals surface area (Å²) in [5.41, 5.74) is 3.57. The van der Waals surface area contributed by atoms with Crippen LogP contribution in [0.3, 0.4) is 0 Å². The molecule has 148 valence electrons. The Balaban J connectivity index is 1.45. The van der Waals surface area contributed by atoms with Gasteiger partial charge in [-0.05, 0) is 27.2 Å². The summed E-state index contributed by atoms with van der Waals surface area (Å²) in [5.74, 6) is 1.83. The van der Waals surface area contributed by atoms with Crippen molar-refractivity contribution in [1.82, 2.24) is 25.1 Å². The number of fused-ring (bicyclic) bond motifs is 1. The molecule has 0 aliphatic carbocycles. The quantitative estimate of drug-likeness (QED) is 0.685. The van der Waals surface area contributed by atoms with Crippen molar-refractivity contribution in [2.24, 2.45) is 0 Å². The number of aromatic nitrogens is 4. The number of ether oxygens (including phenoxy) is 1.